The molecule has 4 rings (SSSR count). The summed E-state index contributed by atoms with van der Waals surface area (Å²) in [4.78, 5) is 26.9. The maximum Gasteiger partial charge on any atom is 0.256 e. The van der Waals surface area contributed by atoms with Gasteiger partial charge in [0.1, 0.15) is 12.1 Å². The molecular formula is C20H21N5O2. The van der Waals surface area contributed by atoms with Crippen LogP contribution in [0.5, 0.6) is 0 Å². The molecule has 0 aromatic carbocycles. The number of piperidine rings is 1. The summed E-state index contributed by atoms with van der Waals surface area (Å²) < 4.78 is 5.29. The van der Waals surface area contributed by atoms with E-state index in [1.807, 2.05) is 31.0 Å². The number of carbonyl (C=O) groups is 1. The smallest absolute Gasteiger partial charge is 0.256 e. The van der Waals surface area contributed by atoms with Crippen LogP contribution in [-0.4, -0.2) is 44.0 Å². The molecule has 0 atom stereocenters. The highest BCUT2D eigenvalue weighted by Crippen LogP contribution is 2.32. The number of likely N-dealkylation sites (tertiary alicyclic amines) is 1. The topological polar surface area (TPSA) is 85.0 Å². The maximum atomic E-state index is 12.5. The Bertz CT molecular complexity index is 927. The van der Waals surface area contributed by atoms with Crippen LogP contribution in [0.2, 0.25) is 0 Å². The van der Waals surface area contributed by atoms with Crippen molar-refractivity contribution >= 4 is 5.91 Å². The van der Waals surface area contributed by atoms with Gasteiger partial charge in [0.05, 0.1) is 11.3 Å². The van der Waals surface area contributed by atoms with Crippen LogP contribution >= 0.6 is 0 Å². The molecule has 0 aliphatic carbocycles. The Hall–Kier alpha value is -3.09. The van der Waals surface area contributed by atoms with E-state index in [0.717, 1.165) is 41.1 Å². The van der Waals surface area contributed by atoms with Crippen LogP contribution < -0.4 is 0 Å². The molecular weight excluding hydrogens is 342 g/mol. The number of hydrogen-bond donors (Lipinski definition) is 0. The molecule has 0 spiro atoms. The van der Waals surface area contributed by atoms with Crippen LogP contribution in [0, 0.1) is 13.8 Å². The SMILES string of the molecule is Cc1noc(C)c1-c1ccnc(C2CCN(C(=O)c3cncnc3)CC2)c1. The van der Waals surface area contributed by atoms with Gasteiger partial charge in [0.25, 0.3) is 5.91 Å². The Balaban J connectivity index is 1.47. The Morgan fingerprint density at radius 1 is 1.19 bits per heavy atom. The summed E-state index contributed by atoms with van der Waals surface area (Å²) in [5, 5.41) is 4.04. The number of hydrogen-bond acceptors (Lipinski definition) is 6. The molecule has 7 nitrogen and oxygen atoms in total. The summed E-state index contributed by atoms with van der Waals surface area (Å²) in [6, 6.07) is 4.11. The highest BCUT2D eigenvalue weighted by Gasteiger charge is 2.26. The molecule has 0 bridgehead atoms. The van der Waals surface area contributed by atoms with E-state index < -0.39 is 0 Å². The van der Waals surface area contributed by atoms with Crippen LogP contribution in [0.3, 0.4) is 0 Å². The van der Waals surface area contributed by atoms with Gasteiger partial charge in [-0.25, -0.2) is 9.97 Å². The predicted octanol–water partition coefficient (Wildman–Crippen LogP) is 3.16. The van der Waals surface area contributed by atoms with Crippen molar-refractivity contribution in [3.8, 4) is 11.1 Å². The lowest BCUT2D eigenvalue weighted by molar-refractivity contribution is 0.0711. The minimum atomic E-state index is -0.00789. The van der Waals surface area contributed by atoms with E-state index in [2.05, 4.69) is 26.2 Å². The van der Waals surface area contributed by atoms with Gasteiger partial charge in [0.2, 0.25) is 0 Å². The lowest BCUT2D eigenvalue weighted by atomic mass is 9.91. The number of nitrogens with zero attached hydrogens (tertiary/aromatic N) is 5. The number of carbonyl (C=O) groups excluding carboxylic acids is 1. The molecule has 1 amide bonds. The van der Waals surface area contributed by atoms with Gasteiger partial charge in [-0.3, -0.25) is 9.78 Å². The Kier molecular flexibility index (Phi) is 4.66. The second-order valence-corrected chi connectivity index (χ2v) is 6.86. The second kappa shape index (κ2) is 7.26. The average Bonchev–Trinajstić information content (AvgIpc) is 3.06. The standard InChI is InChI=1S/C20H21N5O2/c1-13-19(14(2)27-24-13)16-3-6-23-18(9-16)15-4-7-25(8-5-15)20(26)17-10-21-12-22-11-17/h3,6,9-12,15H,4-5,7-8H2,1-2H3. The third-order valence-electron chi connectivity index (χ3n) is 5.11. The van der Waals surface area contributed by atoms with Crippen molar-refractivity contribution in [3.05, 3.63) is 59.8 Å². The van der Waals surface area contributed by atoms with Crippen molar-refractivity contribution in [1.82, 2.24) is 25.0 Å². The summed E-state index contributed by atoms with van der Waals surface area (Å²) in [5.74, 6) is 1.14. The van der Waals surface area contributed by atoms with Gasteiger partial charge in [-0.15, -0.1) is 0 Å². The van der Waals surface area contributed by atoms with Gasteiger partial charge >= 0.3 is 0 Å². The monoisotopic (exact) mass is 363 g/mol. The van der Waals surface area contributed by atoms with Crippen LogP contribution in [0.1, 0.15) is 46.3 Å². The van der Waals surface area contributed by atoms with Gasteiger partial charge < -0.3 is 9.42 Å². The first-order valence-corrected chi connectivity index (χ1v) is 9.07. The number of pyridine rings is 1. The van der Waals surface area contributed by atoms with E-state index in [1.54, 1.807) is 12.4 Å². The fourth-order valence-corrected chi connectivity index (χ4v) is 3.69. The zero-order valence-corrected chi connectivity index (χ0v) is 15.4. The molecule has 0 saturated carbocycles. The molecule has 1 saturated heterocycles. The fraction of sp³-hybridized carbons (Fsp3) is 0.350. The average molecular weight is 363 g/mol. The van der Waals surface area contributed by atoms with Crippen LogP contribution in [-0.2, 0) is 0 Å². The van der Waals surface area contributed by atoms with Crippen molar-refractivity contribution in [2.75, 3.05) is 13.1 Å². The quantitative estimate of drug-likeness (QED) is 0.710. The molecule has 3 aromatic rings. The summed E-state index contributed by atoms with van der Waals surface area (Å²) in [5.41, 5.74) is 4.60. The maximum absolute atomic E-state index is 12.5. The summed E-state index contributed by atoms with van der Waals surface area (Å²) in [6.07, 6.45) is 8.18. The predicted molar refractivity (Wildman–Crippen MR) is 99.1 cm³/mol. The van der Waals surface area contributed by atoms with E-state index in [1.165, 1.54) is 6.33 Å². The number of aromatic nitrogens is 4. The highest BCUT2D eigenvalue weighted by molar-refractivity contribution is 5.93. The molecule has 1 aliphatic heterocycles. The van der Waals surface area contributed by atoms with E-state index >= 15 is 0 Å². The third kappa shape index (κ3) is 3.45. The number of rotatable bonds is 3. The van der Waals surface area contributed by atoms with Crippen LogP contribution in [0.15, 0.2) is 41.6 Å². The molecule has 3 aromatic heterocycles. The van der Waals surface area contributed by atoms with Crippen LogP contribution in [0.25, 0.3) is 11.1 Å². The largest absolute Gasteiger partial charge is 0.361 e. The van der Waals surface area contributed by atoms with Gasteiger partial charge in [0.15, 0.2) is 0 Å². The zero-order valence-electron chi connectivity index (χ0n) is 15.4. The molecule has 0 N–H and O–H groups in total. The van der Waals surface area contributed by atoms with Crippen LogP contribution in [0.4, 0.5) is 0 Å². The normalized spacial score (nSPS) is 15.1. The zero-order chi connectivity index (χ0) is 18.8. The summed E-state index contributed by atoms with van der Waals surface area (Å²) in [6.45, 7) is 5.28. The first-order chi connectivity index (χ1) is 13.1. The molecule has 1 aliphatic rings. The minimum Gasteiger partial charge on any atom is -0.361 e. The van der Waals surface area contributed by atoms with Crippen molar-refractivity contribution in [1.29, 1.82) is 0 Å². The van der Waals surface area contributed by atoms with Gasteiger partial charge in [0, 0.05) is 48.9 Å². The van der Waals surface area contributed by atoms with Crippen molar-refractivity contribution < 1.29 is 9.32 Å². The number of amides is 1. The fourth-order valence-electron chi connectivity index (χ4n) is 3.69. The summed E-state index contributed by atoms with van der Waals surface area (Å²) >= 11 is 0. The van der Waals surface area contributed by atoms with Gasteiger partial charge in [-0.1, -0.05) is 5.16 Å². The second-order valence-electron chi connectivity index (χ2n) is 6.86. The lowest BCUT2D eigenvalue weighted by Gasteiger charge is -2.31. The van der Waals surface area contributed by atoms with Crippen molar-refractivity contribution in [3.63, 3.8) is 0 Å². The van der Waals surface area contributed by atoms with Crippen molar-refractivity contribution in [2.24, 2.45) is 0 Å². The molecule has 27 heavy (non-hydrogen) atoms. The first-order valence-electron chi connectivity index (χ1n) is 9.07. The van der Waals surface area contributed by atoms with Crippen molar-refractivity contribution in [2.45, 2.75) is 32.6 Å². The Labute approximate surface area is 157 Å². The van der Waals surface area contributed by atoms with E-state index in [0.29, 0.717) is 24.6 Å². The Morgan fingerprint density at radius 3 is 2.59 bits per heavy atom. The van der Waals surface area contributed by atoms with Gasteiger partial charge in [-0.05, 0) is 44.4 Å². The molecule has 138 valence electrons. The highest BCUT2D eigenvalue weighted by atomic mass is 16.5. The molecule has 4 heterocycles. The summed E-state index contributed by atoms with van der Waals surface area (Å²) in [7, 11) is 0. The van der Waals surface area contributed by atoms with Gasteiger partial charge in [-0.2, -0.15) is 0 Å². The molecule has 0 radical (unpaired) electrons. The van der Waals surface area contributed by atoms with E-state index in [9.17, 15) is 4.79 Å². The lowest BCUT2D eigenvalue weighted by Crippen LogP contribution is -2.38. The van der Waals surface area contributed by atoms with E-state index in [-0.39, 0.29) is 5.91 Å². The number of aryl methyl sites for hydroxylation is 2. The molecule has 0 unspecified atom stereocenters. The third-order valence-corrected chi connectivity index (χ3v) is 5.11. The minimum absolute atomic E-state index is 0.00789. The molecule has 1 fully saturated rings. The molecule has 7 heteroatoms. The van der Waals surface area contributed by atoms with E-state index in [4.69, 9.17) is 4.52 Å². The Morgan fingerprint density at radius 2 is 1.93 bits per heavy atom. The first kappa shape index (κ1) is 17.3.